The van der Waals surface area contributed by atoms with Gasteiger partial charge in [0.1, 0.15) is 0 Å². The maximum atomic E-state index is 12.4. The monoisotopic (exact) mass is 319 g/mol. The van der Waals surface area contributed by atoms with Crippen LogP contribution < -0.4 is 0 Å². The molecule has 0 saturated carbocycles. The van der Waals surface area contributed by atoms with Crippen molar-refractivity contribution in [3.8, 4) is 0 Å². The molecule has 0 spiro atoms. The number of aryl methyl sites for hydroxylation is 1. The fourth-order valence-corrected chi connectivity index (χ4v) is 2.93. The molecule has 1 aliphatic heterocycles. The van der Waals surface area contributed by atoms with E-state index in [2.05, 4.69) is 6.92 Å². The number of carbonyl (C=O) groups excluding carboxylic acids is 1. The first-order valence-corrected chi connectivity index (χ1v) is 8.09. The van der Waals surface area contributed by atoms with Gasteiger partial charge in [0.2, 0.25) is 5.91 Å². The third-order valence-electron chi connectivity index (χ3n) is 4.72. The Morgan fingerprint density at radius 3 is 2.52 bits per heavy atom. The molecule has 126 valence electrons. The van der Waals surface area contributed by atoms with Gasteiger partial charge in [-0.15, -0.1) is 0 Å². The third-order valence-corrected chi connectivity index (χ3v) is 4.72. The second-order valence-electron chi connectivity index (χ2n) is 6.39. The minimum Gasteiger partial charge on any atom is -0.478 e. The summed E-state index contributed by atoms with van der Waals surface area (Å²) in [5.74, 6) is -0.772. The molecule has 0 radical (unpaired) electrons. The average molecular weight is 319 g/mol. The van der Waals surface area contributed by atoms with Crippen LogP contribution in [0.25, 0.3) is 0 Å². The summed E-state index contributed by atoms with van der Waals surface area (Å²) in [7, 11) is 1.73. The molecule has 1 amide bonds. The minimum absolute atomic E-state index is 0.123. The van der Waals surface area contributed by atoms with Crippen molar-refractivity contribution in [3.05, 3.63) is 35.4 Å². The summed E-state index contributed by atoms with van der Waals surface area (Å²) in [4.78, 5) is 25.1. The van der Waals surface area contributed by atoms with Crippen LogP contribution in [-0.2, 0) is 16.0 Å². The first kappa shape index (κ1) is 17.5. The highest BCUT2D eigenvalue weighted by molar-refractivity contribution is 5.87. The Bertz CT molecular complexity index is 555. The number of aromatic carboxylic acids is 1. The molecule has 1 unspecified atom stereocenters. The number of carboxylic acid groups (broad SMARTS) is 1. The Kier molecular flexibility index (Phi) is 5.77. The van der Waals surface area contributed by atoms with Crippen LogP contribution in [0.4, 0.5) is 0 Å². The quantitative estimate of drug-likeness (QED) is 0.906. The van der Waals surface area contributed by atoms with Gasteiger partial charge in [-0.3, -0.25) is 4.79 Å². The molecule has 1 saturated heterocycles. The number of likely N-dealkylation sites (tertiary alicyclic amines) is 1. The van der Waals surface area contributed by atoms with Crippen LogP contribution in [0, 0.1) is 0 Å². The summed E-state index contributed by atoms with van der Waals surface area (Å²) in [6.45, 7) is 3.63. The maximum absolute atomic E-state index is 12.4. The summed E-state index contributed by atoms with van der Waals surface area (Å²) < 4.78 is 5.56. The van der Waals surface area contributed by atoms with E-state index in [0.29, 0.717) is 12.8 Å². The summed E-state index contributed by atoms with van der Waals surface area (Å²) in [6.07, 6.45) is 3.89. The van der Waals surface area contributed by atoms with Gasteiger partial charge in [0.25, 0.3) is 0 Å². The fourth-order valence-electron chi connectivity index (χ4n) is 2.93. The molecule has 1 aromatic rings. The van der Waals surface area contributed by atoms with Crippen LogP contribution in [0.15, 0.2) is 24.3 Å². The third kappa shape index (κ3) is 4.79. The maximum Gasteiger partial charge on any atom is 0.335 e. The standard InChI is InChI=1S/C18H25NO4/c1-18(23-2)10-3-12-19(13-11-18)16(20)9-6-14-4-7-15(8-5-14)17(21)22/h4-5,7-8H,3,6,9-13H2,1-2H3,(H,21,22). The zero-order valence-electron chi connectivity index (χ0n) is 13.9. The van der Waals surface area contributed by atoms with Gasteiger partial charge >= 0.3 is 5.97 Å². The van der Waals surface area contributed by atoms with Crippen molar-refractivity contribution in [2.24, 2.45) is 0 Å². The number of hydrogen-bond acceptors (Lipinski definition) is 3. The number of nitrogens with zero attached hydrogens (tertiary/aromatic N) is 1. The number of rotatable bonds is 5. The normalized spacial score (nSPS) is 21.7. The number of carbonyl (C=O) groups is 2. The highest BCUT2D eigenvalue weighted by Crippen LogP contribution is 2.25. The molecule has 1 heterocycles. The van der Waals surface area contributed by atoms with Crippen LogP contribution in [0.2, 0.25) is 0 Å². The summed E-state index contributed by atoms with van der Waals surface area (Å²) in [5.41, 5.74) is 1.13. The number of methoxy groups -OCH3 is 1. The van der Waals surface area contributed by atoms with E-state index in [1.807, 2.05) is 4.90 Å². The lowest BCUT2D eigenvalue weighted by molar-refractivity contribution is -0.131. The Labute approximate surface area is 137 Å². The summed E-state index contributed by atoms with van der Waals surface area (Å²) in [5, 5.41) is 8.88. The Morgan fingerprint density at radius 1 is 1.22 bits per heavy atom. The Balaban J connectivity index is 1.86. The van der Waals surface area contributed by atoms with Crippen LogP contribution in [0.1, 0.15) is 48.5 Å². The second-order valence-corrected chi connectivity index (χ2v) is 6.39. The Hall–Kier alpha value is -1.88. The first-order chi connectivity index (χ1) is 10.9. The molecule has 1 fully saturated rings. The molecule has 0 aliphatic carbocycles. The minimum atomic E-state index is -0.932. The molecule has 1 aliphatic rings. The molecule has 5 nitrogen and oxygen atoms in total. The van der Waals surface area contributed by atoms with Crippen molar-refractivity contribution in [1.29, 1.82) is 0 Å². The van der Waals surface area contributed by atoms with E-state index in [1.54, 1.807) is 31.4 Å². The molecule has 2 rings (SSSR count). The van der Waals surface area contributed by atoms with E-state index >= 15 is 0 Å². The van der Waals surface area contributed by atoms with Crippen LogP contribution in [0.5, 0.6) is 0 Å². The lowest BCUT2D eigenvalue weighted by Crippen LogP contribution is -2.34. The van der Waals surface area contributed by atoms with Gasteiger partial charge in [-0.05, 0) is 50.3 Å². The van der Waals surface area contributed by atoms with E-state index in [0.717, 1.165) is 37.9 Å². The van der Waals surface area contributed by atoms with E-state index < -0.39 is 5.97 Å². The van der Waals surface area contributed by atoms with E-state index in [4.69, 9.17) is 9.84 Å². The Morgan fingerprint density at radius 2 is 1.91 bits per heavy atom. The lowest BCUT2D eigenvalue weighted by atomic mass is 9.97. The smallest absolute Gasteiger partial charge is 0.335 e. The van der Waals surface area contributed by atoms with Gasteiger partial charge in [-0.25, -0.2) is 4.79 Å². The summed E-state index contributed by atoms with van der Waals surface area (Å²) >= 11 is 0. The number of hydrogen-bond donors (Lipinski definition) is 1. The van der Waals surface area contributed by atoms with Gasteiger partial charge in [-0.2, -0.15) is 0 Å². The van der Waals surface area contributed by atoms with Gasteiger partial charge in [0.05, 0.1) is 11.2 Å². The molecule has 1 N–H and O–H groups in total. The predicted molar refractivity (Wildman–Crippen MR) is 87.6 cm³/mol. The molecule has 0 aromatic heterocycles. The SMILES string of the molecule is COC1(C)CCCN(C(=O)CCc2ccc(C(=O)O)cc2)CC1. The molecule has 1 atom stereocenters. The van der Waals surface area contributed by atoms with Crippen LogP contribution in [-0.4, -0.2) is 47.7 Å². The van der Waals surface area contributed by atoms with Crippen molar-refractivity contribution >= 4 is 11.9 Å². The highest BCUT2D eigenvalue weighted by Gasteiger charge is 2.28. The van der Waals surface area contributed by atoms with Crippen molar-refractivity contribution in [2.75, 3.05) is 20.2 Å². The first-order valence-electron chi connectivity index (χ1n) is 8.09. The molecule has 23 heavy (non-hydrogen) atoms. The van der Waals surface area contributed by atoms with E-state index in [1.165, 1.54) is 0 Å². The molecular formula is C18H25NO4. The zero-order valence-corrected chi connectivity index (χ0v) is 13.9. The van der Waals surface area contributed by atoms with E-state index in [-0.39, 0.29) is 17.1 Å². The van der Waals surface area contributed by atoms with Crippen LogP contribution in [0.3, 0.4) is 0 Å². The van der Waals surface area contributed by atoms with Gasteiger partial charge in [-0.1, -0.05) is 12.1 Å². The lowest BCUT2D eigenvalue weighted by Gasteiger charge is -2.26. The topological polar surface area (TPSA) is 66.8 Å². The number of amides is 1. The number of carboxylic acids is 1. The largest absolute Gasteiger partial charge is 0.478 e. The van der Waals surface area contributed by atoms with Crippen molar-refractivity contribution < 1.29 is 19.4 Å². The second kappa shape index (κ2) is 7.59. The van der Waals surface area contributed by atoms with Gasteiger partial charge in [0.15, 0.2) is 0 Å². The number of ether oxygens (including phenoxy) is 1. The van der Waals surface area contributed by atoms with Gasteiger partial charge < -0.3 is 14.7 Å². The van der Waals surface area contributed by atoms with Crippen molar-refractivity contribution in [1.82, 2.24) is 4.90 Å². The van der Waals surface area contributed by atoms with Crippen molar-refractivity contribution in [3.63, 3.8) is 0 Å². The van der Waals surface area contributed by atoms with Gasteiger partial charge in [0, 0.05) is 26.6 Å². The molecule has 1 aromatic carbocycles. The van der Waals surface area contributed by atoms with E-state index in [9.17, 15) is 9.59 Å². The summed E-state index contributed by atoms with van der Waals surface area (Å²) in [6, 6.07) is 6.72. The molecule has 0 bridgehead atoms. The fraction of sp³-hybridized carbons (Fsp3) is 0.556. The average Bonchev–Trinajstić information content (AvgIpc) is 2.75. The van der Waals surface area contributed by atoms with Crippen LogP contribution >= 0.6 is 0 Å². The number of benzene rings is 1. The molecular weight excluding hydrogens is 294 g/mol. The highest BCUT2D eigenvalue weighted by atomic mass is 16.5. The molecule has 5 heteroatoms. The predicted octanol–water partition coefficient (Wildman–Crippen LogP) is 2.74. The van der Waals surface area contributed by atoms with Crippen molar-refractivity contribution in [2.45, 2.75) is 44.6 Å². The zero-order chi connectivity index (χ0) is 16.9.